The van der Waals surface area contributed by atoms with Crippen molar-refractivity contribution in [1.82, 2.24) is 10.9 Å². The van der Waals surface area contributed by atoms with E-state index in [2.05, 4.69) is 16.2 Å². The zero-order valence-corrected chi connectivity index (χ0v) is 9.90. The summed E-state index contributed by atoms with van der Waals surface area (Å²) in [5.74, 6) is -0.364. The summed E-state index contributed by atoms with van der Waals surface area (Å²) in [5.41, 5.74) is 5.70. The lowest BCUT2D eigenvalue weighted by molar-refractivity contribution is -0.119. The van der Waals surface area contributed by atoms with Gasteiger partial charge in [-0.05, 0) is 17.7 Å². The lowest BCUT2D eigenvalue weighted by Gasteiger charge is -2.07. The molecule has 1 aromatic rings. The predicted octanol–water partition coefficient (Wildman–Crippen LogP) is 1.30. The number of carbonyl (C=O) groups excluding carboxylic acids is 2. The highest BCUT2D eigenvalue weighted by atomic mass is 16.2. The highest BCUT2D eigenvalue weighted by molar-refractivity contribution is 5.90. The van der Waals surface area contributed by atoms with Crippen molar-refractivity contribution >= 4 is 23.7 Å². The third kappa shape index (κ3) is 5.13. The molecule has 6 nitrogen and oxygen atoms in total. The fraction of sp³-hybridized carbons (Fsp3) is 0.167. The van der Waals surface area contributed by atoms with E-state index in [0.29, 0.717) is 5.69 Å². The summed E-state index contributed by atoms with van der Waals surface area (Å²) in [4.78, 5) is 21.9. The smallest absolute Gasteiger partial charge is 0.307 e. The van der Waals surface area contributed by atoms with Gasteiger partial charge in [0.2, 0.25) is 5.91 Å². The van der Waals surface area contributed by atoms with Gasteiger partial charge in [-0.15, -0.1) is 0 Å². The molecule has 3 amide bonds. The molecule has 0 aromatic heterocycles. The SMILES string of the molecule is CC(=O)NNC(=O)Nc1cccc(C=CC[O])c1. The molecule has 95 valence electrons. The van der Waals surface area contributed by atoms with Crippen LogP contribution < -0.4 is 16.2 Å². The van der Waals surface area contributed by atoms with Gasteiger partial charge in [0.25, 0.3) is 0 Å². The van der Waals surface area contributed by atoms with Crippen molar-refractivity contribution in [1.29, 1.82) is 0 Å². The molecule has 1 rings (SSSR count). The van der Waals surface area contributed by atoms with Gasteiger partial charge in [-0.1, -0.05) is 24.3 Å². The first kappa shape index (κ1) is 13.7. The molecule has 3 N–H and O–H groups in total. The second-order valence-corrected chi connectivity index (χ2v) is 3.45. The van der Waals surface area contributed by atoms with Crippen molar-refractivity contribution in [2.45, 2.75) is 6.92 Å². The summed E-state index contributed by atoms with van der Waals surface area (Å²) in [6, 6.07) is 6.42. The van der Waals surface area contributed by atoms with Crippen LogP contribution in [0.2, 0.25) is 0 Å². The van der Waals surface area contributed by atoms with Crippen molar-refractivity contribution in [3.63, 3.8) is 0 Å². The normalized spacial score (nSPS) is 10.1. The van der Waals surface area contributed by atoms with E-state index < -0.39 is 6.03 Å². The highest BCUT2D eigenvalue weighted by Crippen LogP contribution is 2.11. The minimum atomic E-state index is -0.546. The van der Waals surface area contributed by atoms with Gasteiger partial charge in [-0.2, -0.15) is 0 Å². The summed E-state index contributed by atoms with van der Waals surface area (Å²) in [6.45, 7) is 0.995. The van der Waals surface area contributed by atoms with Gasteiger partial charge in [-0.25, -0.2) is 15.3 Å². The van der Waals surface area contributed by atoms with Gasteiger partial charge in [-0.3, -0.25) is 10.2 Å². The molecule has 0 aliphatic carbocycles. The zero-order valence-electron chi connectivity index (χ0n) is 9.90. The molecule has 1 radical (unpaired) electrons. The van der Waals surface area contributed by atoms with E-state index in [-0.39, 0.29) is 12.5 Å². The minimum absolute atomic E-state index is 0.291. The van der Waals surface area contributed by atoms with Crippen LogP contribution in [0.25, 0.3) is 6.08 Å². The first-order valence-electron chi connectivity index (χ1n) is 5.30. The number of benzene rings is 1. The van der Waals surface area contributed by atoms with Crippen LogP contribution in [0.1, 0.15) is 12.5 Å². The average Bonchev–Trinajstić information content (AvgIpc) is 2.34. The number of hydrogen-bond donors (Lipinski definition) is 3. The Kier molecular flexibility index (Phi) is 5.40. The van der Waals surface area contributed by atoms with Crippen LogP contribution in [0, 0.1) is 0 Å². The lowest BCUT2D eigenvalue weighted by Crippen LogP contribution is -2.42. The molecule has 0 spiro atoms. The van der Waals surface area contributed by atoms with E-state index in [0.717, 1.165) is 5.56 Å². The number of amides is 3. The van der Waals surface area contributed by atoms with E-state index in [4.69, 9.17) is 0 Å². The van der Waals surface area contributed by atoms with Crippen LogP contribution in [0.4, 0.5) is 10.5 Å². The molecule has 6 heteroatoms. The molecular formula is C12H14N3O3. The largest absolute Gasteiger partial charge is 0.337 e. The fourth-order valence-electron chi connectivity index (χ4n) is 1.21. The van der Waals surface area contributed by atoms with Gasteiger partial charge in [0.05, 0.1) is 0 Å². The first-order chi connectivity index (χ1) is 8.61. The molecule has 0 saturated carbocycles. The Hall–Kier alpha value is -2.34. The summed E-state index contributed by atoms with van der Waals surface area (Å²) >= 11 is 0. The Labute approximate surface area is 105 Å². The maximum Gasteiger partial charge on any atom is 0.337 e. The maximum absolute atomic E-state index is 11.3. The molecule has 0 aliphatic rings. The summed E-state index contributed by atoms with van der Waals surface area (Å²) in [7, 11) is 0. The van der Waals surface area contributed by atoms with Crippen LogP contribution in [0.5, 0.6) is 0 Å². The standard InChI is InChI=1S/C12H14N3O3/c1-9(17)14-15-12(18)13-11-6-2-4-10(8-11)5-3-7-16/h2-6,8H,7H2,1H3,(H,14,17)(H2,13,15,18). The number of rotatable bonds is 3. The van der Waals surface area contributed by atoms with Gasteiger partial charge >= 0.3 is 6.03 Å². The van der Waals surface area contributed by atoms with Crippen LogP contribution in [0.15, 0.2) is 30.3 Å². The Morgan fingerprint density at radius 3 is 2.72 bits per heavy atom. The Balaban J connectivity index is 2.58. The molecule has 0 bridgehead atoms. The van der Waals surface area contributed by atoms with E-state index in [1.807, 2.05) is 6.07 Å². The average molecular weight is 248 g/mol. The molecule has 0 heterocycles. The van der Waals surface area contributed by atoms with Gasteiger partial charge in [0, 0.05) is 12.6 Å². The fourth-order valence-corrected chi connectivity index (χ4v) is 1.21. The van der Waals surface area contributed by atoms with Crippen molar-refractivity contribution in [3.8, 4) is 0 Å². The van der Waals surface area contributed by atoms with E-state index >= 15 is 0 Å². The third-order valence-corrected chi connectivity index (χ3v) is 1.90. The van der Waals surface area contributed by atoms with E-state index in [1.54, 1.807) is 24.3 Å². The predicted molar refractivity (Wildman–Crippen MR) is 67.0 cm³/mol. The summed E-state index contributed by atoms with van der Waals surface area (Å²) < 4.78 is 0. The molecule has 0 aliphatic heterocycles. The van der Waals surface area contributed by atoms with E-state index in [1.165, 1.54) is 13.0 Å². The maximum atomic E-state index is 11.3. The molecule has 0 atom stereocenters. The molecule has 0 unspecified atom stereocenters. The van der Waals surface area contributed by atoms with E-state index in [9.17, 15) is 14.7 Å². The Morgan fingerprint density at radius 1 is 1.28 bits per heavy atom. The van der Waals surface area contributed by atoms with Gasteiger partial charge < -0.3 is 5.32 Å². The number of carbonyl (C=O) groups is 2. The number of hydrazine groups is 1. The molecule has 1 aromatic carbocycles. The molecular weight excluding hydrogens is 234 g/mol. The second-order valence-electron chi connectivity index (χ2n) is 3.45. The number of hydrogen-bond acceptors (Lipinski definition) is 2. The molecule has 0 fully saturated rings. The van der Waals surface area contributed by atoms with Crippen LogP contribution in [-0.2, 0) is 9.90 Å². The zero-order chi connectivity index (χ0) is 13.4. The van der Waals surface area contributed by atoms with Crippen molar-refractivity contribution < 1.29 is 14.7 Å². The van der Waals surface area contributed by atoms with Gasteiger partial charge in [0.15, 0.2) is 0 Å². The summed E-state index contributed by atoms with van der Waals surface area (Å²) in [6.07, 6.45) is 3.15. The van der Waals surface area contributed by atoms with Crippen molar-refractivity contribution in [3.05, 3.63) is 35.9 Å². The quantitative estimate of drug-likeness (QED) is 0.704. The lowest BCUT2D eigenvalue weighted by atomic mass is 10.2. The molecule has 18 heavy (non-hydrogen) atoms. The number of nitrogens with one attached hydrogen (secondary N) is 3. The van der Waals surface area contributed by atoms with Crippen LogP contribution in [0.3, 0.4) is 0 Å². The Morgan fingerprint density at radius 2 is 2.06 bits per heavy atom. The summed E-state index contributed by atoms with van der Waals surface area (Å²) in [5, 5.41) is 12.8. The third-order valence-electron chi connectivity index (χ3n) is 1.90. The van der Waals surface area contributed by atoms with Crippen LogP contribution >= 0.6 is 0 Å². The minimum Gasteiger partial charge on any atom is -0.307 e. The van der Waals surface area contributed by atoms with Gasteiger partial charge in [0.1, 0.15) is 6.61 Å². The highest BCUT2D eigenvalue weighted by Gasteiger charge is 2.01. The Bertz CT molecular complexity index is 458. The number of urea groups is 1. The topological polar surface area (TPSA) is 90.1 Å². The van der Waals surface area contributed by atoms with Crippen molar-refractivity contribution in [2.24, 2.45) is 0 Å². The first-order valence-corrected chi connectivity index (χ1v) is 5.30. The van der Waals surface area contributed by atoms with Crippen LogP contribution in [-0.4, -0.2) is 18.5 Å². The second kappa shape index (κ2) is 7.08. The number of anilines is 1. The monoisotopic (exact) mass is 248 g/mol. The molecule has 0 saturated heterocycles. The van der Waals surface area contributed by atoms with Crippen molar-refractivity contribution in [2.75, 3.05) is 11.9 Å².